The van der Waals surface area contributed by atoms with Crippen LogP contribution in [-0.4, -0.2) is 17.3 Å². The second-order valence-corrected chi connectivity index (χ2v) is 6.05. The van der Waals surface area contributed by atoms with Crippen LogP contribution in [0.1, 0.15) is 56.9 Å². The molecule has 1 aromatic heterocycles. The summed E-state index contributed by atoms with van der Waals surface area (Å²) >= 11 is 0. The maximum absolute atomic E-state index is 5.98. The highest BCUT2D eigenvalue weighted by atomic mass is 16.5. The summed E-state index contributed by atoms with van der Waals surface area (Å²) in [5.74, 6) is 1.53. The smallest absolute Gasteiger partial charge is 0.162 e. The molecule has 2 atom stereocenters. The lowest BCUT2D eigenvalue weighted by atomic mass is 9.88. The fraction of sp³-hybridized carbons (Fsp3) is 0.800. The van der Waals surface area contributed by atoms with Crippen LogP contribution in [0.5, 0.6) is 0 Å². The quantitative estimate of drug-likeness (QED) is 0.858. The molecule has 2 unspecified atom stereocenters. The van der Waals surface area contributed by atoms with E-state index in [-0.39, 0.29) is 0 Å². The van der Waals surface area contributed by atoms with Gasteiger partial charge in [0.1, 0.15) is 6.61 Å². The van der Waals surface area contributed by atoms with Crippen molar-refractivity contribution >= 4 is 0 Å². The molecule has 0 amide bonds. The summed E-state index contributed by atoms with van der Waals surface area (Å²) in [7, 11) is 0. The van der Waals surface area contributed by atoms with Crippen LogP contribution in [0.2, 0.25) is 0 Å². The normalized spacial score (nSPS) is 27.6. The minimum Gasteiger partial charge on any atom is -0.370 e. The van der Waals surface area contributed by atoms with Crippen molar-refractivity contribution in [3.8, 4) is 0 Å². The summed E-state index contributed by atoms with van der Waals surface area (Å²) in [4.78, 5) is 0. The summed E-state index contributed by atoms with van der Waals surface area (Å²) in [5, 5.41) is 7.52. The van der Waals surface area contributed by atoms with Gasteiger partial charge in [-0.3, -0.25) is 0 Å². The highest BCUT2D eigenvalue weighted by molar-refractivity contribution is 5.05. The van der Waals surface area contributed by atoms with Crippen LogP contribution in [0.4, 0.5) is 0 Å². The van der Waals surface area contributed by atoms with E-state index in [1.807, 2.05) is 6.07 Å². The lowest BCUT2D eigenvalue weighted by Gasteiger charge is -2.28. The molecule has 0 radical (unpaired) electrons. The van der Waals surface area contributed by atoms with E-state index >= 15 is 0 Å². The Kier molecular flexibility index (Phi) is 4.18. The second kappa shape index (κ2) is 6.06. The number of ether oxygens (including phenoxy) is 1. The van der Waals surface area contributed by atoms with E-state index in [1.54, 1.807) is 0 Å². The second-order valence-electron chi connectivity index (χ2n) is 6.05. The van der Waals surface area contributed by atoms with Crippen LogP contribution in [0.15, 0.2) is 10.6 Å². The van der Waals surface area contributed by atoms with Gasteiger partial charge in [0, 0.05) is 18.7 Å². The highest BCUT2D eigenvalue weighted by Gasteiger charge is 2.23. The molecule has 4 nitrogen and oxygen atoms in total. The number of rotatable bonds is 6. The molecule has 3 rings (SSSR count). The van der Waals surface area contributed by atoms with Gasteiger partial charge in [-0.2, -0.15) is 0 Å². The zero-order chi connectivity index (χ0) is 13.1. The number of nitrogens with zero attached hydrogens (tertiary/aromatic N) is 1. The lowest BCUT2D eigenvalue weighted by Crippen LogP contribution is -2.25. The van der Waals surface area contributed by atoms with Gasteiger partial charge in [-0.15, -0.1) is 0 Å². The van der Waals surface area contributed by atoms with Gasteiger partial charge in [0.25, 0.3) is 0 Å². The molecule has 0 aliphatic heterocycles. The van der Waals surface area contributed by atoms with Crippen LogP contribution in [0.25, 0.3) is 0 Å². The molecule has 0 bridgehead atoms. The van der Waals surface area contributed by atoms with Crippen molar-refractivity contribution in [3.63, 3.8) is 0 Å². The van der Waals surface area contributed by atoms with Crippen molar-refractivity contribution in [2.75, 3.05) is 0 Å². The molecule has 106 valence electrons. The zero-order valence-electron chi connectivity index (χ0n) is 11.7. The van der Waals surface area contributed by atoms with Gasteiger partial charge in [-0.05, 0) is 31.6 Å². The van der Waals surface area contributed by atoms with E-state index < -0.39 is 0 Å². The van der Waals surface area contributed by atoms with Gasteiger partial charge in [0.2, 0.25) is 0 Å². The van der Waals surface area contributed by atoms with Crippen LogP contribution < -0.4 is 5.32 Å². The van der Waals surface area contributed by atoms with E-state index in [1.165, 1.54) is 38.5 Å². The first kappa shape index (κ1) is 13.1. The average molecular weight is 264 g/mol. The Hall–Kier alpha value is -0.870. The Labute approximate surface area is 114 Å². The predicted octanol–water partition coefficient (Wildman–Crippen LogP) is 3.02. The summed E-state index contributed by atoms with van der Waals surface area (Å²) in [6.07, 6.45) is 8.11. The molecule has 4 heteroatoms. The van der Waals surface area contributed by atoms with Crippen molar-refractivity contribution in [1.29, 1.82) is 0 Å². The SMILES string of the molecule is CC1CCCCC1OCc1cc(CNC2CC2)no1. The Bertz CT molecular complexity index is 401. The van der Waals surface area contributed by atoms with E-state index in [2.05, 4.69) is 17.4 Å². The molecule has 0 saturated heterocycles. The van der Waals surface area contributed by atoms with Crippen LogP contribution in [0, 0.1) is 5.92 Å². The minimum atomic E-state index is 0.395. The number of hydrogen-bond acceptors (Lipinski definition) is 4. The Morgan fingerprint density at radius 3 is 2.95 bits per heavy atom. The largest absolute Gasteiger partial charge is 0.370 e. The van der Waals surface area contributed by atoms with Crippen molar-refractivity contribution < 1.29 is 9.26 Å². The van der Waals surface area contributed by atoms with Crippen LogP contribution in [-0.2, 0) is 17.9 Å². The van der Waals surface area contributed by atoms with E-state index in [0.29, 0.717) is 24.7 Å². The fourth-order valence-electron chi connectivity index (χ4n) is 2.76. The molecule has 1 aromatic rings. The summed E-state index contributed by atoms with van der Waals surface area (Å²) in [5.41, 5.74) is 0.988. The topological polar surface area (TPSA) is 47.3 Å². The van der Waals surface area contributed by atoms with Gasteiger partial charge in [-0.1, -0.05) is 24.9 Å². The van der Waals surface area contributed by atoms with Crippen LogP contribution >= 0.6 is 0 Å². The number of aromatic nitrogens is 1. The predicted molar refractivity (Wildman–Crippen MR) is 72.6 cm³/mol. The fourth-order valence-corrected chi connectivity index (χ4v) is 2.76. The molecular formula is C15H24N2O2. The zero-order valence-corrected chi connectivity index (χ0v) is 11.7. The highest BCUT2D eigenvalue weighted by Crippen LogP contribution is 2.27. The molecule has 2 aliphatic rings. The van der Waals surface area contributed by atoms with Crippen molar-refractivity contribution in [1.82, 2.24) is 10.5 Å². The van der Waals surface area contributed by atoms with Gasteiger partial charge in [0.15, 0.2) is 5.76 Å². The molecular weight excluding hydrogens is 240 g/mol. The van der Waals surface area contributed by atoms with Gasteiger partial charge in [-0.25, -0.2) is 0 Å². The van der Waals surface area contributed by atoms with E-state index in [9.17, 15) is 0 Å². The molecule has 0 aromatic carbocycles. The first-order chi connectivity index (χ1) is 9.31. The molecule has 2 saturated carbocycles. The first-order valence-electron chi connectivity index (χ1n) is 7.61. The Balaban J connectivity index is 1.43. The van der Waals surface area contributed by atoms with Gasteiger partial charge < -0.3 is 14.6 Å². The third kappa shape index (κ3) is 3.80. The lowest BCUT2D eigenvalue weighted by molar-refractivity contribution is -0.0235. The van der Waals surface area contributed by atoms with Gasteiger partial charge in [0.05, 0.1) is 11.8 Å². The van der Waals surface area contributed by atoms with Crippen molar-refractivity contribution in [2.24, 2.45) is 5.92 Å². The van der Waals surface area contributed by atoms with Crippen molar-refractivity contribution in [3.05, 3.63) is 17.5 Å². The molecule has 2 aliphatic carbocycles. The maximum atomic E-state index is 5.98. The van der Waals surface area contributed by atoms with E-state index in [4.69, 9.17) is 9.26 Å². The standard InChI is InChI=1S/C15H24N2O2/c1-11-4-2-3-5-15(11)18-10-14-8-13(17-19-14)9-16-12-6-7-12/h8,11-12,15-16H,2-7,9-10H2,1H3. The number of hydrogen-bond donors (Lipinski definition) is 1. The summed E-state index contributed by atoms with van der Waals surface area (Å²) in [6.45, 7) is 3.66. The Morgan fingerprint density at radius 1 is 1.32 bits per heavy atom. The molecule has 19 heavy (non-hydrogen) atoms. The molecule has 2 fully saturated rings. The third-order valence-electron chi connectivity index (χ3n) is 4.23. The monoisotopic (exact) mass is 264 g/mol. The third-order valence-corrected chi connectivity index (χ3v) is 4.23. The summed E-state index contributed by atoms with van der Waals surface area (Å²) < 4.78 is 11.3. The maximum Gasteiger partial charge on any atom is 0.162 e. The Morgan fingerprint density at radius 2 is 2.16 bits per heavy atom. The molecule has 1 heterocycles. The summed E-state index contributed by atoms with van der Waals surface area (Å²) in [6, 6.07) is 2.72. The minimum absolute atomic E-state index is 0.395. The molecule has 1 N–H and O–H groups in total. The van der Waals surface area contributed by atoms with Crippen molar-refractivity contribution in [2.45, 2.75) is 70.7 Å². The molecule has 0 spiro atoms. The first-order valence-corrected chi connectivity index (χ1v) is 7.61. The average Bonchev–Trinajstić information content (AvgIpc) is 3.14. The van der Waals surface area contributed by atoms with Gasteiger partial charge >= 0.3 is 0 Å². The van der Waals surface area contributed by atoms with E-state index in [0.717, 1.165) is 18.0 Å². The van der Waals surface area contributed by atoms with Crippen LogP contribution in [0.3, 0.4) is 0 Å². The number of nitrogens with one attached hydrogen (secondary N) is 1.